The summed E-state index contributed by atoms with van der Waals surface area (Å²) in [5, 5.41) is 9.21. The SMILES string of the molecule is CCCNc1nc(Sc2cc(C)nn2C)nc(N(C)C)n1. The zero-order valence-corrected chi connectivity index (χ0v) is 13.9. The van der Waals surface area contributed by atoms with Crippen molar-refractivity contribution in [2.75, 3.05) is 30.9 Å². The summed E-state index contributed by atoms with van der Waals surface area (Å²) in [5.74, 6) is 1.25. The van der Waals surface area contributed by atoms with Crippen LogP contribution in [0.1, 0.15) is 19.0 Å². The Morgan fingerprint density at radius 3 is 2.62 bits per heavy atom. The van der Waals surface area contributed by atoms with Gasteiger partial charge in [0, 0.05) is 27.7 Å². The van der Waals surface area contributed by atoms with E-state index in [0.29, 0.717) is 17.1 Å². The largest absolute Gasteiger partial charge is 0.354 e. The smallest absolute Gasteiger partial charge is 0.230 e. The Morgan fingerprint density at radius 1 is 1.29 bits per heavy atom. The second-order valence-electron chi connectivity index (χ2n) is 4.91. The van der Waals surface area contributed by atoms with Crippen molar-refractivity contribution in [1.82, 2.24) is 24.7 Å². The maximum atomic E-state index is 4.47. The Kier molecular flexibility index (Phi) is 5.00. The molecule has 0 radical (unpaired) electrons. The van der Waals surface area contributed by atoms with Crippen LogP contribution in [0.5, 0.6) is 0 Å². The molecule has 0 aliphatic carbocycles. The molecule has 0 unspecified atom stereocenters. The molecule has 2 heterocycles. The maximum absolute atomic E-state index is 4.47. The first-order valence-corrected chi connectivity index (χ1v) is 7.67. The summed E-state index contributed by atoms with van der Waals surface area (Å²) >= 11 is 1.49. The predicted molar refractivity (Wildman–Crippen MR) is 85.0 cm³/mol. The Hall–Kier alpha value is -1.83. The van der Waals surface area contributed by atoms with Gasteiger partial charge in [0.25, 0.3) is 0 Å². The van der Waals surface area contributed by atoms with Gasteiger partial charge in [-0.15, -0.1) is 0 Å². The molecule has 2 rings (SSSR count). The van der Waals surface area contributed by atoms with Crippen LogP contribution >= 0.6 is 11.8 Å². The van der Waals surface area contributed by atoms with E-state index in [4.69, 9.17) is 0 Å². The van der Waals surface area contributed by atoms with E-state index in [2.05, 4.69) is 32.3 Å². The summed E-state index contributed by atoms with van der Waals surface area (Å²) in [5.41, 5.74) is 0.978. The fourth-order valence-electron chi connectivity index (χ4n) is 1.68. The first-order chi connectivity index (χ1) is 9.99. The van der Waals surface area contributed by atoms with Gasteiger partial charge in [-0.2, -0.15) is 20.1 Å². The summed E-state index contributed by atoms with van der Waals surface area (Å²) in [6.07, 6.45) is 1.02. The highest BCUT2D eigenvalue weighted by Crippen LogP contribution is 2.26. The van der Waals surface area contributed by atoms with E-state index in [1.807, 2.05) is 43.7 Å². The van der Waals surface area contributed by atoms with Crippen molar-refractivity contribution < 1.29 is 0 Å². The van der Waals surface area contributed by atoms with Crippen molar-refractivity contribution in [1.29, 1.82) is 0 Å². The van der Waals surface area contributed by atoms with Crippen LogP contribution < -0.4 is 10.2 Å². The van der Waals surface area contributed by atoms with Crippen LogP contribution in [-0.4, -0.2) is 45.4 Å². The third-order valence-corrected chi connectivity index (χ3v) is 3.65. The molecule has 0 amide bonds. The molecule has 0 bridgehead atoms. The predicted octanol–water partition coefficient (Wildman–Crippen LogP) is 1.95. The van der Waals surface area contributed by atoms with Gasteiger partial charge in [-0.1, -0.05) is 6.92 Å². The molecule has 0 fully saturated rings. The lowest BCUT2D eigenvalue weighted by Crippen LogP contribution is -2.16. The standard InChI is InChI=1S/C13H21N7S/c1-6-7-14-11-15-12(19(3)4)17-13(16-11)21-10-8-9(2)18-20(10)5/h8H,6-7H2,1-5H3,(H,14,15,16,17). The van der Waals surface area contributed by atoms with Crippen LogP contribution in [0.25, 0.3) is 0 Å². The van der Waals surface area contributed by atoms with Gasteiger partial charge in [0.05, 0.1) is 5.69 Å². The van der Waals surface area contributed by atoms with Gasteiger partial charge in [0.1, 0.15) is 5.03 Å². The number of hydrogen-bond acceptors (Lipinski definition) is 7. The van der Waals surface area contributed by atoms with Crippen LogP contribution in [0, 0.1) is 6.92 Å². The molecule has 0 saturated heterocycles. The van der Waals surface area contributed by atoms with Gasteiger partial charge in [-0.25, -0.2) is 0 Å². The van der Waals surface area contributed by atoms with Crippen molar-refractivity contribution >= 4 is 23.7 Å². The number of nitrogens with one attached hydrogen (secondary N) is 1. The average molecular weight is 307 g/mol. The third kappa shape index (κ3) is 4.07. The van der Waals surface area contributed by atoms with Crippen molar-refractivity contribution in [3.8, 4) is 0 Å². The molecule has 0 spiro atoms. The molecule has 0 atom stereocenters. The molecule has 21 heavy (non-hydrogen) atoms. The number of nitrogens with zero attached hydrogens (tertiary/aromatic N) is 6. The number of hydrogen-bond donors (Lipinski definition) is 1. The fourth-order valence-corrected chi connectivity index (χ4v) is 2.53. The molecule has 8 heteroatoms. The number of anilines is 2. The van der Waals surface area contributed by atoms with Crippen molar-refractivity contribution in [2.45, 2.75) is 30.5 Å². The zero-order chi connectivity index (χ0) is 15.4. The van der Waals surface area contributed by atoms with Gasteiger partial charge >= 0.3 is 0 Å². The van der Waals surface area contributed by atoms with Crippen molar-refractivity contribution in [3.05, 3.63) is 11.8 Å². The Morgan fingerprint density at radius 2 is 2.05 bits per heavy atom. The van der Waals surface area contributed by atoms with Crippen LogP contribution in [0.3, 0.4) is 0 Å². The second-order valence-corrected chi connectivity index (χ2v) is 5.90. The maximum Gasteiger partial charge on any atom is 0.230 e. The molecular weight excluding hydrogens is 286 g/mol. The van der Waals surface area contributed by atoms with E-state index in [0.717, 1.165) is 23.7 Å². The van der Waals surface area contributed by atoms with Gasteiger partial charge < -0.3 is 10.2 Å². The summed E-state index contributed by atoms with van der Waals surface area (Å²) in [7, 11) is 5.75. The zero-order valence-electron chi connectivity index (χ0n) is 13.1. The van der Waals surface area contributed by atoms with Gasteiger partial charge in [-0.05, 0) is 31.2 Å². The summed E-state index contributed by atoms with van der Waals surface area (Å²) in [4.78, 5) is 15.2. The first-order valence-electron chi connectivity index (χ1n) is 6.85. The molecule has 114 valence electrons. The second kappa shape index (κ2) is 6.75. The van der Waals surface area contributed by atoms with E-state index in [1.165, 1.54) is 11.8 Å². The summed E-state index contributed by atoms with van der Waals surface area (Å²) < 4.78 is 1.83. The molecule has 2 aromatic heterocycles. The molecule has 0 aliphatic rings. The fraction of sp³-hybridized carbons (Fsp3) is 0.538. The first kappa shape index (κ1) is 15.6. The Bertz CT molecular complexity index is 609. The number of aromatic nitrogens is 5. The van der Waals surface area contributed by atoms with Crippen molar-refractivity contribution in [3.63, 3.8) is 0 Å². The minimum absolute atomic E-state index is 0.608. The molecule has 0 aliphatic heterocycles. The Balaban J connectivity index is 2.28. The molecule has 7 nitrogen and oxygen atoms in total. The van der Waals surface area contributed by atoms with Crippen LogP contribution in [-0.2, 0) is 7.05 Å². The van der Waals surface area contributed by atoms with Gasteiger partial charge in [0.2, 0.25) is 17.1 Å². The molecule has 1 N–H and O–H groups in total. The van der Waals surface area contributed by atoms with E-state index in [1.54, 1.807) is 0 Å². The highest BCUT2D eigenvalue weighted by molar-refractivity contribution is 7.99. The van der Waals surface area contributed by atoms with E-state index in [-0.39, 0.29) is 0 Å². The Labute approximate surface area is 129 Å². The lowest BCUT2D eigenvalue weighted by atomic mass is 10.5. The molecule has 0 saturated carbocycles. The van der Waals surface area contributed by atoms with E-state index in [9.17, 15) is 0 Å². The summed E-state index contributed by atoms with van der Waals surface area (Å²) in [6.45, 7) is 4.91. The lowest BCUT2D eigenvalue weighted by Gasteiger charge is -2.13. The van der Waals surface area contributed by atoms with Crippen LogP contribution in [0.4, 0.5) is 11.9 Å². The minimum Gasteiger partial charge on any atom is -0.354 e. The molecular formula is C13H21N7S. The van der Waals surface area contributed by atoms with E-state index < -0.39 is 0 Å². The quantitative estimate of drug-likeness (QED) is 0.874. The van der Waals surface area contributed by atoms with Crippen LogP contribution in [0.15, 0.2) is 16.2 Å². The van der Waals surface area contributed by atoms with E-state index >= 15 is 0 Å². The normalized spacial score (nSPS) is 10.7. The topological polar surface area (TPSA) is 71.8 Å². The number of rotatable bonds is 6. The van der Waals surface area contributed by atoms with Gasteiger partial charge in [-0.3, -0.25) is 4.68 Å². The van der Waals surface area contributed by atoms with Crippen molar-refractivity contribution in [2.24, 2.45) is 7.05 Å². The highest BCUT2D eigenvalue weighted by Gasteiger charge is 2.11. The lowest BCUT2D eigenvalue weighted by molar-refractivity contribution is 0.690. The third-order valence-electron chi connectivity index (χ3n) is 2.69. The summed E-state index contributed by atoms with van der Waals surface area (Å²) in [6, 6.07) is 2.02. The average Bonchev–Trinajstić information content (AvgIpc) is 2.74. The van der Waals surface area contributed by atoms with Gasteiger partial charge in [0.15, 0.2) is 0 Å². The van der Waals surface area contributed by atoms with Crippen LogP contribution in [0.2, 0.25) is 0 Å². The molecule has 0 aromatic carbocycles. The monoisotopic (exact) mass is 307 g/mol. The highest BCUT2D eigenvalue weighted by atomic mass is 32.2. The molecule has 2 aromatic rings. The minimum atomic E-state index is 0.608. The number of aryl methyl sites for hydroxylation is 2.